The van der Waals surface area contributed by atoms with Crippen molar-refractivity contribution in [3.8, 4) is 17.2 Å². The van der Waals surface area contributed by atoms with Crippen LogP contribution in [0.1, 0.15) is 11.1 Å². The number of rotatable bonds is 7. The Morgan fingerprint density at radius 2 is 1.73 bits per heavy atom. The summed E-state index contributed by atoms with van der Waals surface area (Å²) in [7, 11) is 3.30. The standard InChI is InChI=1S/C20H24BrNO4/c1-24-19-9-14-7-8-22(11-15(14)10-20(19)25-2)12-17(23)13-26-18-5-3-16(21)4-6-18/h3-6,9-10,17,23H,7-8,11-13H2,1-2H3. The van der Waals surface area contributed by atoms with E-state index < -0.39 is 6.10 Å². The molecular formula is C20H24BrNO4. The zero-order valence-electron chi connectivity index (χ0n) is 15.1. The predicted octanol–water partition coefficient (Wildman–Crippen LogP) is 3.26. The fourth-order valence-electron chi connectivity index (χ4n) is 3.17. The minimum Gasteiger partial charge on any atom is -0.493 e. The van der Waals surface area contributed by atoms with Gasteiger partial charge in [-0.3, -0.25) is 4.90 Å². The molecule has 0 spiro atoms. The fraction of sp³-hybridized carbons (Fsp3) is 0.400. The molecule has 1 aliphatic rings. The van der Waals surface area contributed by atoms with Crippen LogP contribution in [0.15, 0.2) is 40.9 Å². The van der Waals surface area contributed by atoms with E-state index >= 15 is 0 Å². The molecule has 2 aromatic rings. The Morgan fingerprint density at radius 3 is 2.38 bits per heavy atom. The Balaban J connectivity index is 1.55. The van der Waals surface area contributed by atoms with Gasteiger partial charge in [-0.25, -0.2) is 0 Å². The highest BCUT2D eigenvalue weighted by Crippen LogP contribution is 2.33. The van der Waals surface area contributed by atoms with Gasteiger partial charge in [0.1, 0.15) is 18.5 Å². The average Bonchev–Trinajstić information content (AvgIpc) is 2.66. The summed E-state index contributed by atoms with van der Waals surface area (Å²) in [5, 5.41) is 10.3. The minimum atomic E-state index is -0.541. The van der Waals surface area contributed by atoms with Crippen molar-refractivity contribution in [1.29, 1.82) is 0 Å². The lowest BCUT2D eigenvalue weighted by atomic mass is 9.98. The first-order valence-corrected chi connectivity index (χ1v) is 9.41. The van der Waals surface area contributed by atoms with Crippen molar-refractivity contribution in [3.05, 3.63) is 52.0 Å². The van der Waals surface area contributed by atoms with E-state index in [0.29, 0.717) is 6.54 Å². The molecule has 1 atom stereocenters. The normalized spacial score (nSPS) is 15.2. The van der Waals surface area contributed by atoms with Gasteiger partial charge in [0.05, 0.1) is 14.2 Å². The number of ether oxygens (including phenoxy) is 3. The molecule has 0 bridgehead atoms. The Morgan fingerprint density at radius 1 is 1.08 bits per heavy atom. The van der Waals surface area contributed by atoms with Gasteiger partial charge >= 0.3 is 0 Å². The first-order chi connectivity index (χ1) is 12.6. The van der Waals surface area contributed by atoms with Gasteiger partial charge in [-0.05, 0) is 53.9 Å². The summed E-state index contributed by atoms with van der Waals surface area (Å²) < 4.78 is 17.4. The van der Waals surface area contributed by atoms with Crippen LogP contribution in [0, 0.1) is 0 Å². The topological polar surface area (TPSA) is 51.2 Å². The largest absolute Gasteiger partial charge is 0.493 e. The highest BCUT2D eigenvalue weighted by molar-refractivity contribution is 9.10. The summed E-state index contributed by atoms with van der Waals surface area (Å²) in [6.45, 7) is 2.53. The van der Waals surface area contributed by atoms with Crippen molar-refractivity contribution in [1.82, 2.24) is 4.90 Å². The van der Waals surface area contributed by atoms with E-state index in [1.54, 1.807) is 14.2 Å². The number of hydrogen-bond donors (Lipinski definition) is 1. The molecule has 3 rings (SSSR count). The first-order valence-electron chi connectivity index (χ1n) is 8.61. The smallest absolute Gasteiger partial charge is 0.161 e. The molecule has 6 heteroatoms. The van der Waals surface area contributed by atoms with Crippen molar-refractivity contribution in [2.24, 2.45) is 0 Å². The number of aliphatic hydroxyl groups excluding tert-OH is 1. The number of halogens is 1. The SMILES string of the molecule is COc1cc2c(cc1OC)CN(CC(O)COc1ccc(Br)cc1)CC2. The van der Waals surface area contributed by atoms with Gasteiger partial charge in [0.15, 0.2) is 11.5 Å². The number of aliphatic hydroxyl groups is 1. The van der Waals surface area contributed by atoms with Crippen LogP contribution in [0.2, 0.25) is 0 Å². The molecule has 1 N–H and O–H groups in total. The molecule has 1 unspecified atom stereocenters. The van der Waals surface area contributed by atoms with Crippen LogP contribution in [0.3, 0.4) is 0 Å². The van der Waals surface area contributed by atoms with Crippen LogP contribution in [0.25, 0.3) is 0 Å². The van der Waals surface area contributed by atoms with Gasteiger partial charge < -0.3 is 19.3 Å². The second-order valence-corrected chi connectivity index (χ2v) is 7.30. The second-order valence-electron chi connectivity index (χ2n) is 6.38. The van der Waals surface area contributed by atoms with E-state index in [4.69, 9.17) is 14.2 Å². The third kappa shape index (κ3) is 4.69. The molecule has 140 valence electrons. The predicted molar refractivity (Wildman–Crippen MR) is 104 cm³/mol. The lowest BCUT2D eigenvalue weighted by Crippen LogP contribution is -2.38. The van der Waals surface area contributed by atoms with E-state index in [2.05, 4.69) is 26.9 Å². The third-order valence-electron chi connectivity index (χ3n) is 4.52. The Hall–Kier alpha value is -1.76. The van der Waals surface area contributed by atoms with Crippen molar-refractivity contribution in [2.75, 3.05) is 33.9 Å². The maximum atomic E-state index is 10.3. The van der Waals surface area contributed by atoms with Crippen LogP contribution < -0.4 is 14.2 Å². The molecule has 5 nitrogen and oxygen atoms in total. The third-order valence-corrected chi connectivity index (χ3v) is 5.05. The molecule has 0 amide bonds. The van der Waals surface area contributed by atoms with Crippen LogP contribution in [-0.4, -0.2) is 50.0 Å². The molecule has 0 saturated heterocycles. The summed E-state index contributed by atoms with van der Waals surface area (Å²) >= 11 is 3.40. The van der Waals surface area contributed by atoms with Gasteiger partial charge in [-0.1, -0.05) is 15.9 Å². The number of nitrogens with zero attached hydrogens (tertiary/aromatic N) is 1. The summed E-state index contributed by atoms with van der Waals surface area (Å²) in [6.07, 6.45) is 0.385. The quantitative estimate of drug-likeness (QED) is 0.743. The van der Waals surface area contributed by atoms with Crippen molar-refractivity contribution in [2.45, 2.75) is 19.1 Å². The minimum absolute atomic E-state index is 0.275. The highest BCUT2D eigenvalue weighted by Gasteiger charge is 2.21. The molecule has 0 fully saturated rings. The number of benzene rings is 2. The summed E-state index contributed by atoms with van der Waals surface area (Å²) in [6, 6.07) is 11.7. The molecule has 2 aromatic carbocycles. The monoisotopic (exact) mass is 421 g/mol. The number of methoxy groups -OCH3 is 2. The van der Waals surface area contributed by atoms with E-state index in [-0.39, 0.29) is 6.61 Å². The van der Waals surface area contributed by atoms with Crippen LogP contribution in [0.4, 0.5) is 0 Å². The molecule has 0 aromatic heterocycles. The second kappa shape index (κ2) is 8.75. The van der Waals surface area contributed by atoms with Crippen LogP contribution in [-0.2, 0) is 13.0 Å². The molecule has 1 aliphatic heterocycles. The summed E-state index contributed by atoms with van der Waals surface area (Å²) in [5.74, 6) is 2.27. The fourth-order valence-corrected chi connectivity index (χ4v) is 3.44. The Kier molecular flexibility index (Phi) is 6.40. The molecule has 26 heavy (non-hydrogen) atoms. The average molecular weight is 422 g/mol. The maximum Gasteiger partial charge on any atom is 0.161 e. The molecule has 0 radical (unpaired) electrons. The van der Waals surface area contributed by atoms with Crippen molar-refractivity contribution in [3.63, 3.8) is 0 Å². The zero-order chi connectivity index (χ0) is 18.5. The van der Waals surface area contributed by atoms with E-state index in [0.717, 1.165) is 41.2 Å². The molecule has 1 heterocycles. The summed E-state index contributed by atoms with van der Waals surface area (Å²) in [5.41, 5.74) is 2.49. The van der Waals surface area contributed by atoms with Crippen molar-refractivity contribution < 1.29 is 19.3 Å². The number of β-amino-alcohol motifs (C(OH)–C–C–N with tert-alkyl or cyclic N) is 1. The lowest BCUT2D eigenvalue weighted by molar-refractivity contribution is 0.0637. The van der Waals surface area contributed by atoms with Gasteiger partial charge in [0.2, 0.25) is 0 Å². The summed E-state index contributed by atoms with van der Waals surface area (Å²) in [4.78, 5) is 2.24. The lowest BCUT2D eigenvalue weighted by Gasteiger charge is -2.31. The first kappa shape index (κ1) is 19.0. The Bertz CT molecular complexity index is 735. The number of hydrogen-bond acceptors (Lipinski definition) is 5. The molecule has 0 aliphatic carbocycles. The van der Waals surface area contributed by atoms with Crippen molar-refractivity contribution >= 4 is 15.9 Å². The van der Waals surface area contributed by atoms with Gasteiger partial charge in [0.25, 0.3) is 0 Å². The molecule has 0 saturated carbocycles. The molecular weight excluding hydrogens is 398 g/mol. The maximum absolute atomic E-state index is 10.3. The van der Waals surface area contributed by atoms with E-state index in [1.165, 1.54) is 11.1 Å². The van der Waals surface area contributed by atoms with Gasteiger partial charge in [0, 0.05) is 24.1 Å². The Labute approximate surface area is 162 Å². The van der Waals surface area contributed by atoms with E-state index in [1.807, 2.05) is 30.3 Å². The highest BCUT2D eigenvalue weighted by atomic mass is 79.9. The van der Waals surface area contributed by atoms with Crippen LogP contribution >= 0.6 is 15.9 Å². The van der Waals surface area contributed by atoms with Gasteiger partial charge in [-0.15, -0.1) is 0 Å². The van der Waals surface area contributed by atoms with E-state index in [9.17, 15) is 5.11 Å². The number of fused-ring (bicyclic) bond motifs is 1. The van der Waals surface area contributed by atoms with Gasteiger partial charge in [-0.2, -0.15) is 0 Å². The van der Waals surface area contributed by atoms with Crippen LogP contribution in [0.5, 0.6) is 17.2 Å². The zero-order valence-corrected chi connectivity index (χ0v) is 16.7.